The summed E-state index contributed by atoms with van der Waals surface area (Å²) in [5, 5.41) is 0. The Labute approximate surface area is 72.4 Å². The summed E-state index contributed by atoms with van der Waals surface area (Å²) in [6.45, 7) is 11.0. The van der Waals surface area contributed by atoms with Gasteiger partial charge in [-0.3, -0.25) is 0 Å². The highest BCUT2D eigenvalue weighted by Gasteiger charge is 2.13. The number of hydrogen-bond donors (Lipinski definition) is 0. The van der Waals surface area contributed by atoms with Gasteiger partial charge < -0.3 is 0 Å². The first-order valence-electron chi connectivity index (χ1n) is 4.93. The predicted molar refractivity (Wildman–Crippen MR) is 52.8 cm³/mol. The van der Waals surface area contributed by atoms with Gasteiger partial charge in [-0.1, -0.05) is 60.3 Å². The van der Waals surface area contributed by atoms with E-state index in [-0.39, 0.29) is 0 Å². The molecule has 1 rings (SSSR count). The Morgan fingerprint density at radius 1 is 1.09 bits per heavy atom. The van der Waals surface area contributed by atoms with Crippen LogP contribution in [0.2, 0.25) is 0 Å². The molecule has 0 heteroatoms. The SMILES string of the molecule is CC(C)(C)C.CCC1CCC1. The molecule has 0 aromatic heterocycles. The molecule has 0 nitrogen and oxygen atoms in total. The second kappa shape index (κ2) is 4.79. The van der Waals surface area contributed by atoms with Crippen LogP contribution in [-0.2, 0) is 0 Å². The Balaban J connectivity index is 0.000000187. The molecule has 0 aromatic rings. The molecule has 0 unspecified atom stereocenters. The molecule has 1 fully saturated rings. The molecule has 11 heavy (non-hydrogen) atoms. The lowest BCUT2D eigenvalue weighted by molar-refractivity contribution is 0.307. The zero-order valence-corrected chi connectivity index (χ0v) is 8.91. The Morgan fingerprint density at radius 3 is 1.45 bits per heavy atom. The maximum absolute atomic E-state index is 2.28. The molecular formula is C11H24. The van der Waals surface area contributed by atoms with Crippen molar-refractivity contribution in [3.8, 4) is 0 Å². The number of hydrogen-bond acceptors (Lipinski definition) is 0. The highest BCUT2D eigenvalue weighted by Crippen LogP contribution is 2.28. The largest absolute Gasteiger partial charge is 0.0651 e. The zero-order valence-electron chi connectivity index (χ0n) is 8.91. The van der Waals surface area contributed by atoms with Crippen LogP contribution in [0, 0.1) is 11.3 Å². The standard InChI is InChI=1S/C6H12.C5H12/c1-2-6-4-3-5-6;1-5(2,3)4/h6H,2-5H2,1H3;1-4H3. The lowest BCUT2D eigenvalue weighted by Gasteiger charge is -2.22. The Bertz CT molecular complexity index is 73.9. The Kier molecular flexibility index (Phi) is 4.79. The smallest absolute Gasteiger partial charge is 0.0411 e. The molecule has 0 aliphatic heterocycles. The van der Waals surface area contributed by atoms with Crippen molar-refractivity contribution in [2.24, 2.45) is 11.3 Å². The summed E-state index contributed by atoms with van der Waals surface area (Å²) in [6, 6.07) is 0. The Hall–Kier alpha value is 0. The van der Waals surface area contributed by atoms with Gasteiger partial charge in [-0.2, -0.15) is 0 Å². The molecule has 68 valence electrons. The maximum Gasteiger partial charge on any atom is -0.0411 e. The van der Waals surface area contributed by atoms with Gasteiger partial charge in [0.2, 0.25) is 0 Å². The topological polar surface area (TPSA) is 0 Å². The van der Waals surface area contributed by atoms with E-state index < -0.39 is 0 Å². The molecular weight excluding hydrogens is 132 g/mol. The summed E-state index contributed by atoms with van der Waals surface area (Å²) < 4.78 is 0. The van der Waals surface area contributed by atoms with E-state index in [2.05, 4.69) is 34.6 Å². The predicted octanol–water partition coefficient (Wildman–Crippen LogP) is 4.25. The monoisotopic (exact) mass is 156 g/mol. The third-order valence-corrected chi connectivity index (χ3v) is 1.80. The Morgan fingerprint density at radius 2 is 1.45 bits per heavy atom. The minimum atomic E-state index is 0.500. The van der Waals surface area contributed by atoms with Crippen molar-refractivity contribution in [3.05, 3.63) is 0 Å². The summed E-state index contributed by atoms with van der Waals surface area (Å²) in [7, 11) is 0. The average Bonchev–Trinajstić information content (AvgIpc) is 1.55. The highest BCUT2D eigenvalue weighted by molar-refractivity contribution is 4.66. The summed E-state index contributed by atoms with van der Waals surface area (Å²) in [4.78, 5) is 0. The fraction of sp³-hybridized carbons (Fsp3) is 1.00. The lowest BCUT2D eigenvalue weighted by Crippen LogP contribution is -2.08. The lowest BCUT2D eigenvalue weighted by atomic mass is 9.84. The first kappa shape index (κ1) is 11.0. The summed E-state index contributed by atoms with van der Waals surface area (Å²) in [5.41, 5.74) is 0.500. The van der Waals surface area contributed by atoms with E-state index in [1.165, 1.54) is 25.7 Å². The highest BCUT2D eigenvalue weighted by atomic mass is 14.2. The third kappa shape index (κ3) is 10.0. The van der Waals surface area contributed by atoms with E-state index >= 15 is 0 Å². The number of rotatable bonds is 1. The van der Waals surface area contributed by atoms with Crippen LogP contribution in [-0.4, -0.2) is 0 Å². The summed E-state index contributed by atoms with van der Waals surface area (Å²) in [6.07, 6.45) is 5.94. The van der Waals surface area contributed by atoms with Gasteiger partial charge >= 0.3 is 0 Å². The molecule has 1 aliphatic carbocycles. The van der Waals surface area contributed by atoms with Crippen LogP contribution < -0.4 is 0 Å². The van der Waals surface area contributed by atoms with Gasteiger partial charge in [-0.05, 0) is 11.3 Å². The normalized spacial score (nSPS) is 18.3. The third-order valence-electron chi connectivity index (χ3n) is 1.80. The molecule has 0 aromatic carbocycles. The molecule has 1 saturated carbocycles. The molecule has 0 bridgehead atoms. The van der Waals surface area contributed by atoms with Gasteiger partial charge in [-0.15, -0.1) is 0 Å². The van der Waals surface area contributed by atoms with Crippen molar-refractivity contribution in [3.63, 3.8) is 0 Å². The minimum Gasteiger partial charge on any atom is -0.0651 e. The van der Waals surface area contributed by atoms with E-state index in [0.29, 0.717) is 5.41 Å². The maximum atomic E-state index is 2.28. The minimum absolute atomic E-state index is 0.500. The summed E-state index contributed by atoms with van der Waals surface area (Å²) in [5.74, 6) is 1.12. The first-order valence-corrected chi connectivity index (χ1v) is 4.93. The first-order chi connectivity index (χ1) is 4.93. The second-order valence-electron chi connectivity index (χ2n) is 5.21. The fourth-order valence-electron chi connectivity index (χ4n) is 0.901. The zero-order chi connectivity index (χ0) is 8.91. The molecule has 0 heterocycles. The van der Waals surface area contributed by atoms with Crippen molar-refractivity contribution in [1.82, 2.24) is 0 Å². The molecule has 0 amide bonds. The van der Waals surface area contributed by atoms with E-state index in [1.807, 2.05) is 0 Å². The van der Waals surface area contributed by atoms with Crippen LogP contribution in [0.5, 0.6) is 0 Å². The molecule has 0 spiro atoms. The van der Waals surface area contributed by atoms with E-state index in [0.717, 1.165) is 5.92 Å². The summed E-state index contributed by atoms with van der Waals surface area (Å²) >= 11 is 0. The molecule has 0 saturated heterocycles. The van der Waals surface area contributed by atoms with Gasteiger partial charge in [0, 0.05) is 0 Å². The van der Waals surface area contributed by atoms with E-state index in [4.69, 9.17) is 0 Å². The van der Waals surface area contributed by atoms with Crippen LogP contribution in [0.25, 0.3) is 0 Å². The van der Waals surface area contributed by atoms with Gasteiger partial charge in [0.25, 0.3) is 0 Å². The molecule has 0 radical (unpaired) electrons. The van der Waals surface area contributed by atoms with Crippen molar-refractivity contribution in [2.45, 2.75) is 60.3 Å². The van der Waals surface area contributed by atoms with Crippen LogP contribution in [0.15, 0.2) is 0 Å². The van der Waals surface area contributed by atoms with Gasteiger partial charge in [-0.25, -0.2) is 0 Å². The molecule has 1 aliphatic rings. The van der Waals surface area contributed by atoms with E-state index in [9.17, 15) is 0 Å². The fourth-order valence-corrected chi connectivity index (χ4v) is 0.901. The van der Waals surface area contributed by atoms with E-state index in [1.54, 1.807) is 0 Å². The van der Waals surface area contributed by atoms with Crippen LogP contribution in [0.1, 0.15) is 60.3 Å². The van der Waals surface area contributed by atoms with Crippen LogP contribution >= 0.6 is 0 Å². The molecule has 0 atom stereocenters. The van der Waals surface area contributed by atoms with Gasteiger partial charge in [0.15, 0.2) is 0 Å². The average molecular weight is 156 g/mol. The van der Waals surface area contributed by atoms with Crippen LogP contribution in [0.3, 0.4) is 0 Å². The van der Waals surface area contributed by atoms with Gasteiger partial charge in [0.05, 0.1) is 0 Å². The van der Waals surface area contributed by atoms with Crippen LogP contribution in [0.4, 0.5) is 0 Å². The van der Waals surface area contributed by atoms with Crippen molar-refractivity contribution >= 4 is 0 Å². The second-order valence-corrected chi connectivity index (χ2v) is 5.21. The van der Waals surface area contributed by atoms with Crippen molar-refractivity contribution < 1.29 is 0 Å². The van der Waals surface area contributed by atoms with Gasteiger partial charge in [0.1, 0.15) is 0 Å². The molecule has 0 N–H and O–H groups in total. The quantitative estimate of drug-likeness (QED) is 0.532. The van der Waals surface area contributed by atoms with Crippen molar-refractivity contribution in [1.29, 1.82) is 0 Å². The van der Waals surface area contributed by atoms with Crippen molar-refractivity contribution in [2.75, 3.05) is 0 Å².